The highest BCUT2D eigenvalue weighted by Crippen LogP contribution is 2.32. The Kier molecular flexibility index (Phi) is 5.48. The van der Waals surface area contributed by atoms with E-state index in [9.17, 15) is 9.59 Å². The first-order valence-electron chi connectivity index (χ1n) is 9.02. The van der Waals surface area contributed by atoms with Crippen LogP contribution in [0, 0.1) is 0 Å². The summed E-state index contributed by atoms with van der Waals surface area (Å²) >= 11 is 5.99. The van der Waals surface area contributed by atoms with Crippen molar-refractivity contribution < 1.29 is 23.8 Å². The van der Waals surface area contributed by atoms with E-state index in [-0.39, 0.29) is 10.7 Å². The first-order chi connectivity index (χ1) is 14.1. The van der Waals surface area contributed by atoms with Gasteiger partial charge in [0.25, 0.3) is 5.91 Å². The fraction of sp³-hybridized carbons (Fsp3) is 0.190. The summed E-state index contributed by atoms with van der Waals surface area (Å²) < 4.78 is 16.3. The Hall–Kier alpha value is -3.32. The van der Waals surface area contributed by atoms with Gasteiger partial charge in [-0.05, 0) is 24.3 Å². The maximum Gasteiger partial charge on any atom is 0.339 e. The summed E-state index contributed by atoms with van der Waals surface area (Å²) in [5, 5.41) is 3.45. The minimum Gasteiger partial charge on any atom is -0.490 e. The predicted molar refractivity (Wildman–Crippen MR) is 108 cm³/mol. The second-order valence-electron chi connectivity index (χ2n) is 6.35. The number of hydrogen-bond acceptors (Lipinski definition) is 6. The van der Waals surface area contributed by atoms with Crippen molar-refractivity contribution in [1.82, 2.24) is 4.98 Å². The van der Waals surface area contributed by atoms with Gasteiger partial charge in [0.05, 0.1) is 24.3 Å². The number of carbonyl (C=O) groups is 2. The van der Waals surface area contributed by atoms with E-state index in [1.807, 2.05) is 0 Å². The number of benzene rings is 2. The first-order valence-corrected chi connectivity index (χ1v) is 9.40. The van der Waals surface area contributed by atoms with Gasteiger partial charge in [-0.1, -0.05) is 29.8 Å². The molecule has 4 rings (SSSR count). The third-order valence-corrected chi connectivity index (χ3v) is 4.46. The second kappa shape index (κ2) is 8.36. The average molecular weight is 413 g/mol. The van der Waals surface area contributed by atoms with E-state index < -0.39 is 18.5 Å². The van der Waals surface area contributed by atoms with Gasteiger partial charge in [-0.2, -0.15) is 0 Å². The molecule has 7 nitrogen and oxygen atoms in total. The van der Waals surface area contributed by atoms with Gasteiger partial charge in [0.2, 0.25) is 0 Å². The zero-order valence-electron chi connectivity index (χ0n) is 15.3. The molecule has 0 bridgehead atoms. The Bertz CT molecular complexity index is 1090. The van der Waals surface area contributed by atoms with Crippen LogP contribution in [0.4, 0.5) is 5.69 Å². The van der Waals surface area contributed by atoms with Crippen molar-refractivity contribution in [2.45, 2.75) is 6.42 Å². The van der Waals surface area contributed by atoms with Crippen LogP contribution in [0.2, 0.25) is 5.15 Å². The molecule has 0 saturated carbocycles. The van der Waals surface area contributed by atoms with Gasteiger partial charge in [-0.3, -0.25) is 4.79 Å². The number of anilines is 1. The van der Waals surface area contributed by atoms with Crippen molar-refractivity contribution in [3.8, 4) is 11.5 Å². The molecule has 1 aliphatic rings. The van der Waals surface area contributed by atoms with E-state index in [0.29, 0.717) is 41.3 Å². The van der Waals surface area contributed by atoms with Gasteiger partial charge in [-0.15, -0.1) is 0 Å². The third-order valence-electron chi connectivity index (χ3n) is 4.27. The Morgan fingerprint density at radius 2 is 1.86 bits per heavy atom. The molecular weight excluding hydrogens is 396 g/mol. The monoisotopic (exact) mass is 412 g/mol. The summed E-state index contributed by atoms with van der Waals surface area (Å²) in [7, 11) is 0. The number of halogens is 1. The molecule has 0 spiro atoms. The van der Waals surface area contributed by atoms with Crippen LogP contribution >= 0.6 is 11.6 Å². The number of ether oxygens (including phenoxy) is 3. The number of nitrogens with one attached hydrogen (secondary N) is 1. The summed E-state index contributed by atoms with van der Waals surface area (Å²) in [6, 6.07) is 13.6. The lowest BCUT2D eigenvalue weighted by molar-refractivity contribution is -0.119. The van der Waals surface area contributed by atoms with E-state index in [1.165, 1.54) is 6.07 Å². The number of nitrogens with zero attached hydrogens (tertiary/aromatic N) is 1. The van der Waals surface area contributed by atoms with Crippen LogP contribution in [0.3, 0.4) is 0 Å². The highest BCUT2D eigenvalue weighted by Gasteiger charge is 2.16. The van der Waals surface area contributed by atoms with Crippen LogP contribution in [0.5, 0.6) is 11.5 Å². The summed E-state index contributed by atoms with van der Waals surface area (Å²) in [6.07, 6.45) is 0.792. The lowest BCUT2D eigenvalue weighted by atomic mass is 10.1. The number of pyridine rings is 1. The van der Waals surface area contributed by atoms with Crippen LogP contribution in [0.1, 0.15) is 16.8 Å². The summed E-state index contributed by atoms with van der Waals surface area (Å²) in [4.78, 5) is 28.9. The number of para-hydroxylation sites is 1. The van der Waals surface area contributed by atoms with E-state index >= 15 is 0 Å². The molecule has 2 heterocycles. The van der Waals surface area contributed by atoms with Crippen molar-refractivity contribution in [2.75, 3.05) is 25.1 Å². The number of rotatable bonds is 4. The molecule has 1 aliphatic heterocycles. The normalized spacial score (nSPS) is 12.9. The molecule has 0 unspecified atom stereocenters. The zero-order valence-corrected chi connectivity index (χ0v) is 16.1. The van der Waals surface area contributed by atoms with Crippen molar-refractivity contribution in [3.05, 3.63) is 59.2 Å². The minimum absolute atomic E-state index is 0.173. The van der Waals surface area contributed by atoms with Crippen molar-refractivity contribution in [1.29, 1.82) is 0 Å². The summed E-state index contributed by atoms with van der Waals surface area (Å²) in [5.74, 6) is 0.0696. The van der Waals surface area contributed by atoms with Crippen molar-refractivity contribution in [3.63, 3.8) is 0 Å². The molecule has 0 radical (unpaired) electrons. The quantitative estimate of drug-likeness (QED) is 0.517. The molecule has 29 heavy (non-hydrogen) atoms. The van der Waals surface area contributed by atoms with Crippen LogP contribution in [0.15, 0.2) is 48.5 Å². The zero-order chi connectivity index (χ0) is 20.2. The third kappa shape index (κ3) is 4.41. The van der Waals surface area contributed by atoms with E-state index in [0.717, 1.165) is 6.42 Å². The van der Waals surface area contributed by atoms with Gasteiger partial charge in [0, 0.05) is 23.6 Å². The minimum atomic E-state index is -0.653. The van der Waals surface area contributed by atoms with E-state index in [2.05, 4.69) is 10.3 Å². The summed E-state index contributed by atoms with van der Waals surface area (Å²) in [6.45, 7) is 0.689. The van der Waals surface area contributed by atoms with Gasteiger partial charge >= 0.3 is 5.97 Å². The maximum absolute atomic E-state index is 12.5. The average Bonchev–Trinajstić information content (AvgIpc) is 2.96. The lowest BCUT2D eigenvalue weighted by Gasteiger charge is -2.11. The van der Waals surface area contributed by atoms with Crippen molar-refractivity contribution >= 4 is 40.1 Å². The molecule has 8 heteroatoms. The maximum atomic E-state index is 12.5. The Labute approximate surface area is 171 Å². The molecule has 0 saturated heterocycles. The second-order valence-corrected chi connectivity index (χ2v) is 6.73. The molecule has 1 amide bonds. The van der Waals surface area contributed by atoms with Gasteiger partial charge < -0.3 is 19.5 Å². The number of aromatic nitrogens is 1. The molecule has 1 N–H and O–H groups in total. The molecule has 2 aromatic carbocycles. The number of fused-ring (bicyclic) bond motifs is 2. The Morgan fingerprint density at radius 3 is 2.72 bits per heavy atom. The largest absolute Gasteiger partial charge is 0.490 e. The number of carbonyl (C=O) groups excluding carboxylic acids is 2. The number of amides is 1. The van der Waals surface area contributed by atoms with Crippen LogP contribution in [0.25, 0.3) is 10.9 Å². The van der Waals surface area contributed by atoms with Gasteiger partial charge in [0.1, 0.15) is 5.15 Å². The van der Waals surface area contributed by atoms with E-state index in [4.69, 9.17) is 25.8 Å². The highest BCUT2D eigenvalue weighted by atomic mass is 35.5. The SMILES string of the molecule is O=C(COC(=O)c1cc(Cl)nc2ccccc12)Nc1ccc2c(c1)OCCCO2. The fourth-order valence-electron chi connectivity index (χ4n) is 2.96. The molecular formula is C21H17ClN2O5. The Balaban J connectivity index is 1.41. The standard InChI is InChI=1S/C21H17ClN2O5/c22-19-11-15(14-4-1-2-5-16(14)24-19)21(26)29-12-20(25)23-13-6-7-17-18(10-13)28-9-3-8-27-17/h1-2,4-7,10-11H,3,8-9,12H2,(H,23,25). The molecule has 1 aromatic heterocycles. The first kappa shape index (κ1) is 19.0. The number of hydrogen-bond donors (Lipinski definition) is 1. The topological polar surface area (TPSA) is 86.8 Å². The van der Waals surface area contributed by atoms with E-state index in [1.54, 1.807) is 42.5 Å². The van der Waals surface area contributed by atoms with Gasteiger partial charge in [0.15, 0.2) is 18.1 Å². The number of esters is 1. The lowest BCUT2D eigenvalue weighted by Crippen LogP contribution is -2.21. The molecule has 0 atom stereocenters. The summed E-state index contributed by atoms with van der Waals surface area (Å²) in [5.41, 5.74) is 1.35. The van der Waals surface area contributed by atoms with Crippen LogP contribution in [-0.2, 0) is 9.53 Å². The molecule has 148 valence electrons. The van der Waals surface area contributed by atoms with Crippen LogP contribution in [-0.4, -0.2) is 36.7 Å². The highest BCUT2D eigenvalue weighted by molar-refractivity contribution is 6.30. The molecule has 3 aromatic rings. The van der Waals surface area contributed by atoms with Crippen LogP contribution < -0.4 is 14.8 Å². The van der Waals surface area contributed by atoms with Gasteiger partial charge in [-0.25, -0.2) is 9.78 Å². The predicted octanol–water partition coefficient (Wildman–Crippen LogP) is 3.85. The Morgan fingerprint density at radius 1 is 1.07 bits per heavy atom. The fourth-order valence-corrected chi connectivity index (χ4v) is 3.16. The van der Waals surface area contributed by atoms with Crippen molar-refractivity contribution in [2.24, 2.45) is 0 Å². The molecule has 0 aliphatic carbocycles. The molecule has 0 fully saturated rings. The smallest absolute Gasteiger partial charge is 0.339 e.